The Kier molecular flexibility index (Phi) is 8.87. The fourth-order valence-electron chi connectivity index (χ4n) is 3.79. The number of nitrogens with zero attached hydrogens (tertiary/aromatic N) is 3. The van der Waals surface area contributed by atoms with Crippen LogP contribution in [0.2, 0.25) is 0 Å². The Hall–Kier alpha value is -2.88. The molecule has 33 heavy (non-hydrogen) atoms. The Morgan fingerprint density at radius 2 is 2.00 bits per heavy atom. The molecule has 0 fully saturated rings. The van der Waals surface area contributed by atoms with Gasteiger partial charge in [0, 0.05) is 49.1 Å². The van der Waals surface area contributed by atoms with Gasteiger partial charge in [0.25, 0.3) is 0 Å². The first-order valence-electron chi connectivity index (χ1n) is 11.0. The number of aliphatic imine (C=N–C) groups is 1. The highest BCUT2D eigenvalue weighted by atomic mass is 127. The van der Waals surface area contributed by atoms with Gasteiger partial charge in [-0.2, -0.15) is 0 Å². The van der Waals surface area contributed by atoms with Crippen LogP contribution in [0.4, 0.5) is 4.39 Å². The zero-order chi connectivity index (χ0) is 22.3. The van der Waals surface area contributed by atoms with Gasteiger partial charge in [-0.05, 0) is 55.2 Å². The molecular weight excluding hydrogens is 530 g/mol. The largest absolute Gasteiger partial charge is 0.361 e. The second-order valence-corrected chi connectivity index (χ2v) is 7.80. The van der Waals surface area contributed by atoms with E-state index in [9.17, 15) is 4.39 Å². The number of halogens is 2. The molecule has 0 bridgehead atoms. The Morgan fingerprint density at radius 1 is 1.15 bits per heavy atom. The van der Waals surface area contributed by atoms with Crippen LogP contribution in [-0.4, -0.2) is 33.6 Å². The molecule has 3 N–H and O–H groups in total. The molecule has 0 spiro atoms. The molecular formula is C25H30FIN6. The second-order valence-electron chi connectivity index (χ2n) is 7.80. The Bertz CT molecular complexity index is 1210. The van der Waals surface area contributed by atoms with Gasteiger partial charge in [0.05, 0.1) is 6.54 Å². The van der Waals surface area contributed by atoms with Crippen LogP contribution in [0.5, 0.6) is 0 Å². The van der Waals surface area contributed by atoms with Gasteiger partial charge in [0.2, 0.25) is 0 Å². The van der Waals surface area contributed by atoms with E-state index in [-0.39, 0.29) is 29.8 Å². The number of hydrogen-bond donors (Lipinski definition) is 3. The average molecular weight is 560 g/mol. The van der Waals surface area contributed by atoms with Gasteiger partial charge in [-0.3, -0.25) is 0 Å². The molecule has 0 atom stereocenters. The average Bonchev–Trinajstić information content (AvgIpc) is 3.38. The van der Waals surface area contributed by atoms with Crippen LogP contribution in [-0.2, 0) is 19.5 Å². The molecule has 0 unspecified atom stereocenters. The summed E-state index contributed by atoms with van der Waals surface area (Å²) < 4.78 is 15.5. The molecule has 4 rings (SSSR count). The lowest BCUT2D eigenvalue weighted by molar-refractivity contribution is 0.629. The van der Waals surface area contributed by atoms with Crippen LogP contribution in [0.15, 0.2) is 66.0 Å². The summed E-state index contributed by atoms with van der Waals surface area (Å²) in [5.41, 5.74) is 4.38. The van der Waals surface area contributed by atoms with Crippen molar-refractivity contribution < 1.29 is 4.39 Å². The van der Waals surface area contributed by atoms with Gasteiger partial charge >= 0.3 is 0 Å². The van der Waals surface area contributed by atoms with Crippen LogP contribution in [0, 0.1) is 12.7 Å². The molecule has 4 aromatic rings. The smallest absolute Gasteiger partial charge is 0.191 e. The fourth-order valence-corrected chi connectivity index (χ4v) is 3.79. The summed E-state index contributed by atoms with van der Waals surface area (Å²) in [7, 11) is 0. The number of hydrogen-bond acceptors (Lipinski definition) is 2. The number of aromatic nitrogens is 3. The Labute approximate surface area is 210 Å². The molecule has 2 heterocycles. The molecule has 8 heteroatoms. The van der Waals surface area contributed by atoms with E-state index in [1.54, 1.807) is 0 Å². The normalized spacial score (nSPS) is 11.4. The minimum Gasteiger partial charge on any atom is -0.361 e. The van der Waals surface area contributed by atoms with Crippen LogP contribution in [0.25, 0.3) is 10.9 Å². The predicted octanol–water partition coefficient (Wildman–Crippen LogP) is 4.78. The minimum atomic E-state index is -0.227. The van der Waals surface area contributed by atoms with E-state index in [4.69, 9.17) is 4.99 Å². The van der Waals surface area contributed by atoms with Crippen molar-refractivity contribution in [2.75, 3.05) is 13.1 Å². The van der Waals surface area contributed by atoms with Crippen LogP contribution >= 0.6 is 24.0 Å². The number of nitrogens with one attached hydrogen (secondary N) is 3. The lowest BCUT2D eigenvalue weighted by Crippen LogP contribution is -2.38. The summed E-state index contributed by atoms with van der Waals surface area (Å²) in [4.78, 5) is 12.2. The maximum absolute atomic E-state index is 13.4. The first-order chi connectivity index (χ1) is 15.6. The third-order valence-electron chi connectivity index (χ3n) is 5.45. The van der Waals surface area contributed by atoms with E-state index in [0.29, 0.717) is 6.54 Å². The zero-order valence-electron chi connectivity index (χ0n) is 18.9. The van der Waals surface area contributed by atoms with E-state index >= 15 is 0 Å². The molecule has 2 aromatic heterocycles. The summed E-state index contributed by atoms with van der Waals surface area (Å²) in [6.07, 6.45) is 6.59. The number of imidazole rings is 1. The second kappa shape index (κ2) is 11.8. The number of benzene rings is 2. The standard InChI is InChI=1S/C25H29FN6.HI/c1-3-27-25(29-10-9-21-16-30-24-14-22(26)7-8-23(21)24)31-15-19-5-4-6-20(13-19)17-32-12-11-28-18(32)2;/h4-8,11-14,16,30H,3,9-10,15,17H2,1-2H3,(H2,27,29,31);1H. The van der Waals surface area contributed by atoms with Crippen LogP contribution in [0.3, 0.4) is 0 Å². The molecule has 0 aliphatic rings. The van der Waals surface area contributed by atoms with Gasteiger partial charge in [0.15, 0.2) is 5.96 Å². The molecule has 2 aromatic carbocycles. The molecule has 0 saturated heterocycles. The lowest BCUT2D eigenvalue weighted by atomic mass is 10.1. The highest BCUT2D eigenvalue weighted by molar-refractivity contribution is 14.0. The fraction of sp³-hybridized carbons (Fsp3) is 0.280. The maximum Gasteiger partial charge on any atom is 0.191 e. The van der Waals surface area contributed by atoms with Crippen LogP contribution < -0.4 is 10.6 Å². The molecule has 0 saturated carbocycles. The number of rotatable bonds is 8. The highest BCUT2D eigenvalue weighted by Crippen LogP contribution is 2.19. The van der Waals surface area contributed by atoms with Gasteiger partial charge in [-0.25, -0.2) is 14.4 Å². The van der Waals surface area contributed by atoms with Crippen molar-refractivity contribution in [3.8, 4) is 0 Å². The predicted molar refractivity (Wildman–Crippen MR) is 143 cm³/mol. The number of fused-ring (bicyclic) bond motifs is 1. The number of H-pyrrole nitrogens is 1. The summed E-state index contributed by atoms with van der Waals surface area (Å²) in [6.45, 7) is 6.99. The topological polar surface area (TPSA) is 70.0 Å². The van der Waals surface area contributed by atoms with Crippen molar-refractivity contribution in [3.63, 3.8) is 0 Å². The Balaban J connectivity index is 0.00000306. The third-order valence-corrected chi connectivity index (χ3v) is 5.45. The first-order valence-corrected chi connectivity index (χ1v) is 11.0. The number of aryl methyl sites for hydroxylation is 1. The molecule has 6 nitrogen and oxygen atoms in total. The number of aromatic amines is 1. The third kappa shape index (κ3) is 6.56. The molecule has 174 valence electrons. The van der Waals surface area contributed by atoms with Gasteiger partial charge in [-0.1, -0.05) is 24.3 Å². The Morgan fingerprint density at radius 3 is 2.79 bits per heavy atom. The SMILES string of the molecule is CCNC(=NCc1cccc(Cn2ccnc2C)c1)NCCc1c[nH]c2cc(F)ccc12.I. The van der Waals surface area contributed by atoms with E-state index in [2.05, 4.69) is 56.4 Å². The highest BCUT2D eigenvalue weighted by Gasteiger charge is 2.06. The zero-order valence-corrected chi connectivity index (χ0v) is 21.3. The maximum atomic E-state index is 13.4. The summed E-state index contributed by atoms with van der Waals surface area (Å²) in [6, 6.07) is 13.4. The van der Waals surface area contributed by atoms with E-state index in [0.717, 1.165) is 59.9 Å². The van der Waals surface area contributed by atoms with Gasteiger partial charge < -0.3 is 20.2 Å². The lowest BCUT2D eigenvalue weighted by Gasteiger charge is -2.12. The van der Waals surface area contributed by atoms with Crippen molar-refractivity contribution >= 4 is 40.8 Å². The molecule has 0 aliphatic heterocycles. The van der Waals surface area contributed by atoms with E-state index in [1.165, 1.54) is 17.7 Å². The summed E-state index contributed by atoms with van der Waals surface area (Å²) >= 11 is 0. The molecule has 0 radical (unpaired) electrons. The van der Waals surface area contributed by atoms with Crippen molar-refractivity contribution in [1.29, 1.82) is 0 Å². The van der Waals surface area contributed by atoms with Gasteiger partial charge in [0.1, 0.15) is 11.6 Å². The van der Waals surface area contributed by atoms with Gasteiger partial charge in [-0.15, -0.1) is 24.0 Å². The van der Waals surface area contributed by atoms with E-state index < -0.39 is 0 Å². The van der Waals surface area contributed by atoms with Crippen molar-refractivity contribution in [3.05, 3.63) is 89.4 Å². The van der Waals surface area contributed by atoms with Crippen molar-refractivity contribution in [2.24, 2.45) is 4.99 Å². The molecule has 0 aliphatic carbocycles. The van der Waals surface area contributed by atoms with Crippen molar-refractivity contribution in [2.45, 2.75) is 33.4 Å². The monoisotopic (exact) mass is 560 g/mol. The first kappa shape index (κ1) is 24.8. The minimum absolute atomic E-state index is 0. The molecule has 0 amide bonds. The van der Waals surface area contributed by atoms with Crippen molar-refractivity contribution in [1.82, 2.24) is 25.2 Å². The quantitative estimate of drug-likeness (QED) is 0.165. The summed E-state index contributed by atoms with van der Waals surface area (Å²) in [5.74, 6) is 1.57. The van der Waals surface area contributed by atoms with E-state index in [1.807, 2.05) is 31.6 Å². The number of guanidine groups is 1. The summed E-state index contributed by atoms with van der Waals surface area (Å²) in [5, 5.41) is 7.76. The van der Waals surface area contributed by atoms with Crippen LogP contribution in [0.1, 0.15) is 29.4 Å².